The van der Waals surface area contributed by atoms with E-state index in [9.17, 15) is 4.79 Å². The van der Waals surface area contributed by atoms with Crippen LogP contribution in [0.5, 0.6) is 0 Å². The van der Waals surface area contributed by atoms with E-state index in [1.807, 2.05) is 6.07 Å². The average molecular weight is 298 g/mol. The van der Waals surface area contributed by atoms with Crippen molar-refractivity contribution in [3.05, 3.63) is 44.9 Å². The van der Waals surface area contributed by atoms with Crippen LogP contribution in [-0.2, 0) is 0 Å². The van der Waals surface area contributed by atoms with Gasteiger partial charge in [-0.1, -0.05) is 35.3 Å². The van der Waals surface area contributed by atoms with Crippen molar-refractivity contribution in [2.75, 3.05) is 5.32 Å². The number of halogens is 2. The molecule has 0 atom stereocenters. The summed E-state index contributed by atoms with van der Waals surface area (Å²) in [6.07, 6.45) is 0. The standard InChI is InChI=1S/C11H5Cl2N3OS/c12-8-9(18-16-10(8)13)11(17)15-7-4-2-1-3-6(7)5-14/h1-4H,(H,15,17). The van der Waals surface area contributed by atoms with Gasteiger partial charge in [0, 0.05) is 0 Å². The first kappa shape index (κ1) is 12.8. The van der Waals surface area contributed by atoms with E-state index in [0.29, 0.717) is 11.3 Å². The number of anilines is 1. The van der Waals surface area contributed by atoms with Crippen molar-refractivity contribution in [1.82, 2.24) is 4.37 Å². The van der Waals surface area contributed by atoms with Crippen LogP contribution in [0.1, 0.15) is 15.2 Å². The van der Waals surface area contributed by atoms with Crippen LogP contribution in [0.2, 0.25) is 10.2 Å². The topological polar surface area (TPSA) is 65.8 Å². The molecule has 4 nitrogen and oxygen atoms in total. The van der Waals surface area contributed by atoms with Crippen LogP contribution in [0.25, 0.3) is 0 Å². The van der Waals surface area contributed by atoms with E-state index >= 15 is 0 Å². The van der Waals surface area contributed by atoms with Gasteiger partial charge in [0.15, 0.2) is 5.15 Å². The summed E-state index contributed by atoms with van der Waals surface area (Å²) in [5, 5.41) is 11.7. The Bertz CT molecular complexity index is 648. The first-order valence-corrected chi connectivity index (χ1v) is 6.27. The maximum atomic E-state index is 11.9. The third kappa shape index (κ3) is 2.46. The molecule has 1 N–H and O–H groups in total. The van der Waals surface area contributed by atoms with Crippen LogP contribution in [0, 0.1) is 11.3 Å². The summed E-state index contributed by atoms with van der Waals surface area (Å²) in [4.78, 5) is 12.1. The second kappa shape index (κ2) is 5.36. The van der Waals surface area contributed by atoms with Crippen LogP contribution in [0.15, 0.2) is 24.3 Å². The minimum Gasteiger partial charge on any atom is -0.320 e. The molecule has 1 aromatic carbocycles. The minimum atomic E-state index is -0.438. The number of rotatable bonds is 2. The van der Waals surface area contributed by atoms with Crippen LogP contribution in [0.3, 0.4) is 0 Å². The fourth-order valence-electron chi connectivity index (χ4n) is 1.27. The van der Waals surface area contributed by atoms with Gasteiger partial charge in [0.2, 0.25) is 0 Å². The number of hydrogen-bond donors (Lipinski definition) is 1. The average Bonchev–Trinajstić information content (AvgIpc) is 2.71. The van der Waals surface area contributed by atoms with Gasteiger partial charge >= 0.3 is 0 Å². The molecule has 18 heavy (non-hydrogen) atoms. The van der Waals surface area contributed by atoms with Crippen molar-refractivity contribution < 1.29 is 4.79 Å². The second-order valence-electron chi connectivity index (χ2n) is 3.23. The van der Waals surface area contributed by atoms with Gasteiger partial charge < -0.3 is 5.32 Å². The maximum Gasteiger partial charge on any atom is 0.269 e. The molecule has 0 saturated heterocycles. The lowest BCUT2D eigenvalue weighted by molar-refractivity contribution is 0.103. The highest BCUT2D eigenvalue weighted by Gasteiger charge is 2.18. The fraction of sp³-hybridized carbons (Fsp3) is 0. The smallest absolute Gasteiger partial charge is 0.269 e. The summed E-state index contributed by atoms with van der Waals surface area (Å²) >= 11 is 12.4. The number of nitriles is 1. The molecule has 2 rings (SSSR count). The van der Waals surface area contributed by atoms with Crippen molar-refractivity contribution in [2.45, 2.75) is 0 Å². The molecule has 90 valence electrons. The zero-order chi connectivity index (χ0) is 13.1. The predicted molar refractivity (Wildman–Crippen MR) is 71.2 cm³/mol. The first-order chi connectivity index (χ1) is 8.63. The predicted octanol–water partition coefficient (Wildman–Crippen LogP) is 3.57. The molecule has 0 radical (unpaired) electrons. The maximum absolute atomic E-state index is 11.9. The van der Waals surface area contributed by atoms with Crippen molar-refractivity contribution in [1.29, 1.82) is 5.26 Å². The lowest BCUT2D eigenvalue weighted by Gasteiger charge is -2.04. The van der Waals surface area contributed by atoms with Gasteiger partial charge in [0.05, 0.1) is 11.3 Å². The molecule has 0 saturated carbocycles. The Balaban J connectivity index is 2.28. The van der Waals surface area contributed by atoms with E-state index in [1.54, 1.807) is 24.3 Å². The Hall–Kier alpha value is -1.61. The van der Waals surface area contributed by atoms with E-state index in [-0.39, 0.29) is 15.1 Å². The number of nitrogens with one attached hydrogen (secondary N) is 1. The van der Waals surface area contributed by atoms with E-state index < -0.39 is 5.91 Å². The molecule has 0 aliphatic carbocycles. The number of amides is 1. The van der Waals surface area contributed by atoms with E-state index in [0.717, 1.165) is 11.5 Å². The highest BCUT2D eigenvalue weighted by atomic mass is 35.5. The van der Waals surface area contributed by atoms with Gasteiger partial charge in [-0.2, -0.15) is 9.64 Å². The Morgan fingerprint density at radius 1 is 1.39 bits per heavy atom. The molecule has 0 aliphatic heterocycles. The number of aromatic nitrogens is 1. The minimum absolute atomic E-state index is 0.0976. The third-order valence-electron chi connectivity index (χ3n) is 2.10. The normalized spacial score (nSPS) is 9.83. The van der Waals surface area contributed by atoms with Crippen LogP contribution < -0.4 is 5.32 Å². The van der Waals surface area contributed by atoms with Gasteiger partial charge in [-0.05, 0) is 23.7 Å². The van der Waals surface area contributed by atoms with Crippen LogP contribution in [-0.4, -0.2) is 10.3 Å². The molecule has 1 amide bonds. The van der Waals surface area contributed by atoms with Crippen LogP contribution >= 0.6 is 34.7 Å². The largest absolute Gasteiger partial charge is 0.320 e. The van der Waals surface area contributed by atoms with Gasteiger partial charge in [-0.25, -0.2) is 0 Å². The van der Waals surface area contributed by atoms with Gasteiger partial charge in [0.25, 0.3) is 5.91 Å². The van der Waals surface area contributed by atoms with Crippen molar-refractivity contribution >= 4 is 46.3 Å². The fourth-order valence-corrected chi connectivity index (χ4v) is 2.38. The SMILES string of the molecule is N#Cc1ccccc1NC(=O)c1snc(Cl)c1Cl. The van der Waals surface area contributed by atoms with E-state index in [1.165, 1.54) is 0 Å². The molecular weight excluding hydrogens is 293 g/mol. The Labute approximate surface area is 117 Å². The van der Waals surface area contributed by atoms with Crippen molar-refractivity contribution in [2.24, 2.45) is 0 Å². The molecule has 7 heteroatoms. The van der Waals surface area contributed by atoms with Crippen LogP contribution in [0.4, 0.5) is 5.69 Å². The number of carbonyl (C=O) groups is 1. The van der Waals surface area contributed by atoms with E-state index in [4.69, 9.17) is 28.5 Å². The molecule has 2 aromatic rings. The number of nitrogens with zero attached hydrogens (tertiary/aromatic N) is 2. The quantitative estimate of drug-likeness (QED) is 0.921. The Kier molecular flexibility index (Phi) is 3.82. The Morgan fingerprint density at radius 2 is 2.11 bits per heavy atom. The second-order valence-corrected chi connectivity index (χ2v) is 4.74. The number of benzene rings is 1. The lowest BCUT2D eigenvalue weighted by Crippen LogP contribution is -2.11. The third-order valence-corrected chi connectivity index (χ3v) is 3.90. The van der Waals surface area contributed by atoms with Gasteiger partial charge in [-0.15, -0.1) is 0 Å². The van der Waals surface area contributed by atoms with Crippen molar-refractivity contribution in [3.63, 3.8) is 0 Å². The molecule has 0 bridgehead atoms. The van der Waals surface area contributed by atoms with Gasteiger partial charge in [-0.3, -0.25) is 4.79 Å². The molecule has 0 unspecified atom stereocenters. The molecule has 1 aromatic heterocycles. The highest BCUT2D eigenvalue weighted by Crippen LogP contribution is 2.29. The zero-order valence-electron chi connectivity index (χ0n) is 8.78. The highest BCUT2D eigenvalue weighted by molar-refractivity contribution is 7.09. The summed E-state index contributed by atoms with van der Waals surface area (Å²) in [5.41, 5.74) is 0.795. The molecule has 0 fully saturated rings. The molecule has 0 aliphatic rings. The summed E-state index contributed by atoms with van der Waals surface area (Å²) in [6, 6.07) is 8.66. The summed E-state index contributed by atoms with van der Waals surface area (Å²) < 4.78 is 3.77. The number of carbonyl (C=O) groups excluding carboxylic acids is 1. The Morgan fingerprint density at radius 3 is 2.72 bits per heavy atom. The van der Waals surface area contributed by atoms with E-state index in [2.05, 4.69) is 9.69 Å². The molecule has 1 heterocycles. The molecular formula is C11H5Cl2N3OS. The molecule has 0 spiro atoms. The lowest BCUT2D eigenvalue weighted by atomic mass is 10.2. The summed E-state index contributed by atoms with van der Waals surface area (Å²) in [7, 11) is 0. The summed E-state index contributed by atoms with van der Waals surface area (Å²) in [5.74, 6) is -0.438. The summed E-state index contributed by atoms with van der Waals surface area (Å²) in [6.45, 7) is 0. The van der Waals surface area contributed by atoms with Gasteiger partial charge in [0.1, 0.15) is 16.0 Å². The first-order valence-electron chi connectivity index (χ1n) is 4.74. The zero-order valence-corrected chi connectivity index (χ0v) is 11.1. The van der Waals surface area contributed by atoms with Crippen molar-refractivity contribution in [3.8, 4) is 6.07 Å². The number of hydrogen-bond acceptors (Lipinski definition) is 4. The number of para-hydroxylation sites is 1. The monoisotopic (exact) mass is 297 g/mol.